The smallest absolute Gasteiger partial charge is 0.410 e. The van der Waals surface area contributed by atoms with Crippen LogP contribution in [-0.4, -0.2) is 42.1 Å². The summed E-state index contributed by atoms with van der Waals surface area (Å²) in [6.45, 7) is 6.60. The Bertz CT molecular complexity index is 568. The lowest BCUT2D eigenvalue weighted by atomic mass is 10.2. The van der Waals surface area contributed by atoms with Gasteiger partial charge in [0.2, 0.25) is 0 Å². The number of aldehydes is 1. The monoisotopic (exact) mass is 417 g/mol. The van der Waals surface area contributed by atoms with Crippen molar-refractivity contribution in [2.45, 2.75) is 38.9 Å². The van der Waals surface area contributed by atoms with Gasteiger partial charge in [0.05, 0.1) is 12.1 Å². The molecule has 1 heterocycles. The predicted octanol–water partition coefficient (Wildman–Crippen LogP) is 3.49. The second-order valence-corrected chi connectivity index (χ2v) is 7.50. The molecule has 0 saturated carbocycles. The van der Waals surface area contributed by atoms with Crippen LogP contribution in [0.5, 0.6) is 5.75 Å². The summed E-state index contributed by atoms with van der Waals surface area (Å²) >= 11 is 2.15. The summed E-state index contributed by atoms with van der Waals surface area (Å²) in [5.41, 5.74) is 0.0271. The predicted molar refractivity (Wildman–Crippen MR) is 91.4 cm³/mol. The van der Waals surface area contributed by atoms with Gasteiger partial charge in [-0.05, 0) is 61.6 Å². The van der Waals surface area contributed by atoms with Crippen LogP contribution in [0.15, 0.2) is 18.2 Å². The fraction of sp³-hybridized carbons (Fsp3) is 0.500. The first-order valence-corrected chi connectivity index (χ1v) is 8.25. The molecule has 0 spiro atoms. The fourth-order valence-electron chi connectivity index (χ4n) is 2.22. The van der Waals surface area contributed by atoms with Crippen LogP contribution in [0.4, 0.5) is 4.79 Å². The molecule has 2 rings (SSSR count). The number of ether oxygens (including phenoxy) is 2. The van der Waals surface area contributed by atoms with E-state index in [-0.39, 0.29) is 12.2 Å². The molecule has 1 fully saturated rings. The molecule has 0 N–H and O–H groups in total. The number of carbonyl (C=O) groups excluding carboxylic acids is 2. The molecule has 0 unspecified atom stereocenters. The van der Waals surface area contributed by atoms with Gasteiger partial charge in [0.15, 0.2) is 6.29 Å². The van der Waals surface area contributed by atoms with Gasteiger partial charge < -0.3 is 14.4 Å². The van der Waals surface area contributed by atoms with E-state index in [1.165, 1.54) is 0 Å². The maximum Gasteiger partial charge on any atom is 0.410 e. The minimum absolute atomic E-state index is 0.119. The Morgan fingerprint density at radius 3 is 2.77 bits per heavy atom. The molecule has 1 aliphatic heterocycles. The van der Waals surface area contributed by atoms with Crippen LogP contribution >= 0.6 is 22.6 Å². The molecule has 1 amide bonds. The summed E-state index contributed by atoms with van der Waals surface area (Å²) in [6.07, 6.45) is 1.07. The second-order valence-electron chi connectivity index (χ2n) is 6.25. The zero-order valence-electron chi connectivity index (χ0n) is 13.0. The van der Waals surface area contributed by atoms with Crippen molar-refractivity contribution in [3.8, 4) is 5.75 Å². The number of nitrogens with zero attached hydrogens (tertiary/aromatic N) is 1. The van der Waals surface area contributed by atoms with Gasteiger partial charge in [-0.2, -0.15) is 0 Å². The summed E-state index contributed by atoms with van der Waals surface area (Å²) < 4.78 is 12.2. The van der Waals surface area contributed by atoms with Crippen molar-refractivity contribution < 1.29 is 19.1 Å². The van der Waals surface area contributed by atoms with E-state index in [0.29, 0.717) is 24.4 Å². The van der Waals surface area contributed by atoms with E-state index < -0.39 is 5.60 Å². The molecule has 120 valence electrons. The molecule has 1 saturated heterocycles. The number of likely N-dealkylation sites (tertiary alicyclic amines) is 1. The van der Waals surface area contributed by atoms with Crippen molar-refractivity contribution in [3.05, 3.63) is 27.3 Å². The van der Waals surface area contributed by atoms with Gasteiger partial charge in [-0.15, -0.1) is 0 Å². The first-order valence-electron chi connectivity index (χ1n) is 7.18. The lowest BCUT2D eigenvalue weighted by molar-refractivity contribution is 0.0275. The number of hydrogen-bond donors (Lipinski definition) is 0. The van der Waals surface area contributed by atoms with Crippen molar-refractivity contribution in [1.29, 1.82) is 0 Å². The topological polar surface area (TPSA) is 55.8 Å². The van der Waals surface area contributed by atoms with E-state index in [0.717, 1.165) is 16.3 Å². The van der Waals surface area contributed by atoms with Gasteiger partial charge in [0.25, 0.3) is 0 Å². The second kappa shape index (κ2) is 6.85. The summed E-state index contributed by atoms with van der Waals surface area (Å²) in [4.78, 5) is 24.8. The Labute approximate surface area is 144 Å². The quantitative estimate of drug-likeness (QED) is 0.558. The Morgan fingerprint density at radius 1 is 1.41 bits per heavy atom. The minimum Gasteiger partial charge on any atom is -0.488 e. The lowest BCUT2D eigenvalue weighted by Crippen LogP contribution is -2.36. The van der Waals surface area contributed by atoms with E-state index >= 15 is 0 Å². The molecular weight excluding hydrogens is 397 g/mol. The van der Waals surface area contributed by atoms with Crippen LogP contribution in [0.25, 0.3) is 0 Å². The standard InChI is InChI=1S/C16H20INO4/c1-16(2,3)22-15(20)18-7-6-13(9-18)21-14-5-4-12(17)8-11(14)10-19/h4-5,8,10,13H,6-7,9H2,1-3H3/t13-/m1/s1. The molecule has 22 heavy (non-hydrogen) atoms. The molecule has 1 atom stereocenters. The third kappa shape index (κ3) is 4.59. The molecular formula is C16H20INO4. The van der Waals surface area contributed by atoms with Crippen molar-refractivity contribution in [3.63, 3.8) is 0 Å². The largest absolute Gasteiger partial charge is 0.488 e. The van der Waals surface area contributed by atoms with Gasteiger partial charge in [-0.3, -0.25) is 4.79 Å². The molecule has 6 heteroatoms. The van der Waals surface area contributed by atoms with Crippen LogP contribution in [0.3, 0.4) is 0 Å². The molecule has 1 aromatic rings. The van der Waals surface area contributed by atoms with Crippen molar-refractivity contribution in [2.24, 2.45) is 0 Å². The SMILES string of the molecule is CC(C)(C)OC(=O)N1CC[C@@H](Oc2ccc(I)cc2C=O)C1. The molecule has 0 aromatic heterocycles. The average Bonchev–Trinajstić information content (AvgIpc) is 2.87. The zero-order valence-corrected chi connectivity index (χ0v) is 15.1. The highest BCUT2D eigenvalue weighted by Crippen LogP contribution is 2.24. The summed E-state index contributed by atoms with van der Waals surface area (Å²) in [5, 5.41) is 0. The highest BCUT2D eigenvalue weighted by Gasteiger charge is 2.31. The Kier molecular flexibility index (Phi) is 5.31. The van der Waals surface area contributed by atoms with Gasteiger partial charge in [-0.1, -0.05) is 0 Å². The third-order valence-corrected chi connectivity index (χ3v) is 3.86. The average molecular weight is 417 g/mol. The number of halogens is 1. The summed E-state index contributed by atoms with van der Waals surface area (Å²) in [6, 6.07) is 5.47. The van der Waals surface area contributed by atoms with E-state index in [9.17, 15) is 9.59 Å². The van der Waals surface area contributed by atoms with E-state index in [1.54, 1.807) is 17.0 Å². The molecule has 5 nitrogen and oxygen atoms in total. The highest BCUT2D eigenvalue weighted by atomic mass is 127. The first kappa shape index (κ1) is 17.1. The summed E-state index contributed by atoms with van der Waals surface area (Å²) in [5.74, 6) is 0.562. The molecule has 1 aromatic carbocycles. The normalized spacial score (nSPS) is 18.2. The van der Waals surface area contributed by atoms with Gasteiger partial charge in [0.1, 0.15) is 17.5 Å². The van der Waals surface area contributed by atoms with E-state index in [1.807, 2.05) is 26.8 Å². The van der Waals surface area contributed by atoms with Crippen LogP contribution < -0.4 is 4.74 Å². The van der Waals surface area contributed by atoms with Crippen molar-refractivity contribution in [1.82, 2.24) is 4.90 Å². The van der Waals surface area contributed by atoms with Crippen LogP contribution in [0.2, 0.25) is 0 Å². The van der Waals surface area contributed by atoms with Crippen LogP contribution in [0.1, 0.15) is 37.6 Å². The lowest BCUT2D eigenvalue weighted by Gasteiger charge is -2.24. The maximum atomic E-state index is 12.0. The van der Waals surface area contributed by atoms with Crippen LogP contribution in [0, 0.1) is 3.57 Å². The number of carbonyl (C=O) groups is 2. The molecule has 1 aliphatic rings. The third-order valence-electron chi connectivity index (χ3n) is 3.19. The van der Waals surface area contributed by atoms with E-state index in [2.05, 4.69) is 22.6 Å². The number of amides is 1. The van der Waals surface area contributed by atoms with E-state index in [4.69, 9.17) is 9.47 Å². The van der Waals surface area contributed by atoms with Crippen LogP contribution in [-0.2, 0) is 4.74 Å². The van der Waals surface area contributed by atoms with Gasteiger partial charge in [-0.25, -0.2) is 4.79 Å². The zero-order chi connectivity index (χ0) is 16.3. The minimum atomic E-state index is -0.503. The Morgan fingerprint density at radius 2 is 2.14 bits per heavy atom. The summed E-state index contributed by atoms with van der Waals surface area (Å²) in [7, 11) is 0. The Hall–Kier alpha value is -1.31. The van der Waals surface area contributed by atoms with Gasteiger partial charge in [0, 0.05) is 16.5 Å². The number of hydrogen-bond acceptors (Lipinski definition) is 4. The molecule has 0 bridgehead atoms. The van der Waals surface area contributed by atoms with Gasteiger partial charge >= 0.3 is 6.09 Å². The number of rotatable bonds is 3. The Balaban J connectivity index is 1.97. The molecule has 0 radical (unpaired) electrons. The van der Waals surface area contributed by atoms with Crippen molar-refractivity contribution >= 4 is 35.0 Å². The first-order chi connectivity index (χ1) is 10.3. The highest BCUT2D eigenvalue weighted by molar-refractivity contribution is 14.1. The maximum absolute atomic E-state index is 12.0. The number of benzene rings is 1. The van der Waals surface area contributed by atoms with Crippen molar-refractivity contribution in [2.75, 3.05) is 13.1 Å². The molecule has 0 aliphatic carbocycles. The fourth-order valence-corrected chi connectivity index (χ4v) is 2.73.